The van der Waals surface area contributed by atoms with Gasteiger partial charge in [-0.2, -0.15) is 0 Å². The Hall–Kier alpha value is -3.31. The Morgan fingerprint density at radius 2 is 1.87 bits per heavy atom. The largest absolute Gasteiger partial charge is 0.497 e. The monoisotopic (exact) mass is 416 g/mol. The molecule has 31 heavy (non-hydrogen) atoms. The molecule has 1 aliphatic heterocycles. The minimum atomic E-state index is -0.136. The van der Waals surface area contributed by atoms with E-state index in [0.717, 1.165) is 28.3 Å². The molecule has 0 fully saturated rings. The number of benzene rings is 3. The van der Waals surface area contributed by atoms with E-state index in [9.17, 15) is 4.79 Å². The fourth-order valence-corrected chi connectivity index (χ4v) is 3.84. The lowest BCUT2D eigenvalue weighted by Gasteiger charge is -2.35. The summed E-state index contributed by atoms with van der Waals surface area (Å²) in [6, 6.07) is 25.8. The number of nitrogens with one attached hydrogen (secondary N) is 1. The van der Waals surface area contributed by atoms with Crippen LogP contribution in [0.3, 0.4) is 0 Å². The zero-order valence-corrected chi connectivity index (χ0v) is 18.0. The molecule has 4 rings (SSSR count). The van der Waals surface area contributed by atoms with Gasteiger partial charge in [0.1, 0.15) is 17.6 Å². The Kier molecular flexibility index (Phi) is 6.53. The molecule has 0 spiro atoms. The Morgan fingerprint density at radius 1 is 1.10 bits per heavy atom. The molecule has 3 aromatic carbocycles. The second kappa shape index (κ2) is 9.67. The van der Waals surface area contributed by atoms with Gasteiger partial charge in [-0.15, -0.1) is 0 Å². The van der Waals surface area contributed by atoms with Gasteiger partial charge in [0, 0.05) is 12.6 Å². The van der Waals surface area contributed by atoms with Gasteiger partial charge in [0.15, 0.2) is 0 Å². The number of amides is 1. The zero-order valence-electron chi connectivity index (χ0n) is 18.0. The molecule has 1 aliphatic rings. The first-order valence-corrected chi connectivity index (χ1v) is 10.6. The normalized spacial score (nSPS) is 16.2. The number of hydrogen-bond acceptors (Lipinski definition) is 4. The smallest absolute Gasteiger partial charge is 0.231 e. The number of ether oxygens (including phenoxy) is 2. The van der Waals surface area contributed by atoms with Crippen molar-refractivity contribution < 1.29 is 14.3 Å². The average Bonchev–Trinajstić information content (AvgIpc) is 2.82. The maximum atomic E-state index is 13.1. The van der Waals surface area contributed by atoms with E-state index in [1.54, 1.807) is 7.11 Å². The van der Waals surface area contributed by atoms with E-state index in [2.05, 4.69) is 18.3 Å². The minimum Gasteiger partial charge on any atom is -0.497 e. The molecule has 1 heterocycles. The Labute approximate surface area is 183 Å². The summed E-state index contributed by atoms with van der Waals surface area (Å²) in [5.74, 6) is 1.66. The van der Waals surface area contributed by atoms with Crippen molar-refractivity contribution >= 4 is 11.6 Å². The zero-order chi connectivity index (χ0) is 21.6. The molecule has 1 amide bonds. The number of carbonyl (C=O) groups is 1. The van der Waals surface area contributed by atoms with Crippen molar-refractivity contribution in [3.8, 4) is 11.5 Å². The summed E-state index contributed by atoms with van der Waals surface area (Å²) < 4.78 is 11.5. The van der Waals surface area contributed by atoms with E-state index in [0.29, 0.717) is 19.5 Å². The fourth-order valence-electron chi connectivity index (χ4n) is 3.84. The summed E-state index contributed by atoms with van der Waals surface area (Å²) in [5, 5.41) is 3.54. The molecule has 1 unspecified atom stereocenters. The van der Waals surface area contributed by atoms with Gasteiger partial charge >= 0.3 is 0 Å². The van der Waals surface area contributed by atoms with Gasteiger partial charge in [0.2, 0.25) is 5.91 Å². The van der Waals surface area contributed by atoms with Gasteiger partial charge < -0.3 is 19.7 Å². The van der Waals surface area contributed by atoms with Crippen molar-refractivity contribution in [3.05, 3.63) is 90.0 Å². The molecule has 0 aromatic heterocycles. The highest BCUT2D eigenvalue weighted by Crippen LogP contribution is 2.33. The lowest BCUT2D eigenvalue weighted by molar-refractivity contribution is -0.118. The first-order chi connectivity index (χ1) is 15.1. The summed E-state index contributed by atoms with van der Waals surface area (Å²) >= 11 is 0. The van der Waals surface area contributed by atoms with Crippen LogP contribution in [0, 0.1) is 0 Å². The lowest BCUT2D eigenvalue weighted by atomic mass is 10.1. The molecule has 160 valence electrons. The van der Waals surface area contributed by atoms with Crippen LogP contribution in [0.4, 0.5) is 5.69 Å². The summed E-state index contributed by atoms with van der Waals surface area (Å²) in [4.78, 5) is 15.0. The SMILES string of the molecule is COc1cccc([C@@H](C)NCC2CN(C(=O)Cc3ccccc3)c3ccccc3O2)c1. The molecule has 3 aromatic rings. The van der Waals surface area contributed by atoms with Gasteiger partial charge in [0.05, 0.1) is 25.8 Å². The molecule has 2 atom stereocenters. The van der Waals surface area contributed by atoms with E-state index < -0.39 is 0 Å². The highest BCUT2D eigenvalue weighted by Gasteiger charge is 2.29. The van der Waals surface area contributed by atoms with Crippen LogP contribution in [-0.4, -0.2) is 32.2 Å². The Bertz CT molecular complexity index is 1020. The highest BCUT2D eigenvalue weighted by atomic mass is 16.5. The Morgan fingerprint density at radius 3 is 2.68 bits per heavy atom. The summed E-state index contributed by atoms with van der Waals surface area (Å²) in [6.45, 7) is 3.26. The van der Waals surface area contributed by atoms with Crippen molar-refractivity contribution in [2.45, 2.75) is 25.5 Å². The number of anilines is 1. The number of para-hydroxylation sites is 2. The minimum absolute atomic E-state index is 0.0767. The van der Waals surface area contributed by atoms with Crippen LogP contribution in [0.5, 0.6) is 11.5 Å². The summed E-state index contributed by atoms with van der Waals surface area (Å²) in [7, 11) is 1.67. The maximum absolute atomic E-state index is 13.1. The highest BCUT2D eigenvalue weighted by molar-refractivity contribution is 5.96. The first-order valence-electron chi connectivity index (χ1n) is 10.6. The maximum Gasteiger partial charge on any atom is 0.231 e. The van der Waals surface area contributed by atoms with Crippen molar-refractivity contribution in [2.75, 3.05) is 25.1 Å². The van der Waals surface area contributed by atoms with E-state index in [1.165, 1.54) is 0 Å². The molecule has 0 saturated carbocycles. The molecule has 0 aliphatic carbocycles. The molecule has 0 saturated heterocycles. The van der Waals surface area contributed by atoms with E-state index in [4.69, 9.17) is 9.47 Å². The van der Waals surface area contributed by atoms with E-state index in [-0.39, 0.29) is 18.1 Å². The summed E-state index contributed by atoms with van der Waals surface area (Å²) in [5.41, 5.74) is 2.99. The molecule has 0 bridgehead atoms. The van der Waals surface area contributed by atoms with Crippen LogP contribution >= 0.6 is 0 Å². The van der Waals surface area contributed by atoms with Crippen LogP contribution < -0.4 is 19.7 Å². The fraction of sp³-hybridized carbons (Fsp3) is 0.269. The molecular weight excluding hydrogens is 388 g/mol. The van der Waals surface area contributed by atoms with Crippen molar-refractivity contribution in [1.29, 1.82) is 0 Å². The first kappa shape index (κ1) is 20.9. The third-order valence-electron chi connectivity index (χ3n) is 5.58. The number of fused-ring (bicyclic) bond motifs is 1. The second-order valence-electron chi connectivity index (χ2n) is 7.78. The Balaban J connectivity index is 1.45. The van der Waals surface area contributed by atoms with Crippen LogP contribution in [0.25, 0.3) is 0 Å². The average molecular weight is 417 g/mol. The van der Waals surface area contributed by atoms with Crippen molar-refractivity contribution in [2.24, 2.45) is 0 Å². The van der Waals surface area contributed by atoms with Crippen molar-refractivity contribution in [3.63, 3.8) is 0 Å². The van der Waals surface area contributed by atoms with Crippen LogP contribution in [0.1, 0.15) is 24.1 Å². The molecule has 0 radical (unpaired) electrons. The molecular formula is C26H28N2O3. The van der Waals surface area contributed by atoms with Gasteiger partial charge in [-0.3, -0.25) is 4.79 Å². The van der Waals surface area contributed by atoms with Gasteiger partial charge in [-0.05, 0) is 42.3 Å². The van der Waals surface area contributed by atoms with Gasteiger partial charge in [0.25, 0.3) is 0 Å². The van der Waals surface area contributed by atoms with Crippen molar-refractivity contribution in [1.82, 2.24) is 5.32 Å². The van der Waals surface area contributed by atoms with Crippen LogP contribution in [-0.2, 0) is 11.2 Å². The topological polar surface area (TPSA) is 50.8 Å². The van der Waals surface area contributed by atoms with Crippen LogP contribution in [0.15, 0.2) is 78.9 Å². The molecule has 5 nitrogen and oxygen atoms in total. The predicted molar refractivity (Wildman–Crippen MR) is 123 cm³/mol. The molecule has 1 N–H and O–H groups in total. The number of nitrogens with zero attached hydrogens (tertiary/aromatic N) is 1. The third kappa shape index (κ3) is 5.06. The van der Waals surface area contributed by atoms with Crippen LogP contribution in [0.2, 0.25) is 0 Å². The number of rotatable bonds is 7. The second-order valence-corrected chi connectivity index (χ2v) is 7.78. The number of carbonyl (C=O) groups excluding carboxylic acids is 1. The third-order valence-corrected chi connectivity index (χ3v) is 5.58. The quantitative estimate of drug-likeness (QED) is 0.621. The molecule has 5 heteroatoms. The summed E-state index contributed by atoms with van der Waals surface area (Å²) in [6.07, 6.45) is 0.234. The predicted octanol–water partition coefficient (Wildman–Crippen LogP) is 4.38. The number of hydrogen-bond donors (Lipinski definition) is 1. The lowest BCUT2D eigenvalue weighted by Crippen LogP contribution is -2.48. The van der Waals surface area contributed by atoms with E-state index in [1.807, 2.05) is 77.7 Å². The van der Waals surface area contributed by atoms with Gasteiger partial charge in [-0.25, -0.2) is 0 Å². The standard InChI is InChI=1S/C26H28N2O3/c1-19(21-11-8-12-22(16-21)30-2)27-17-23-18-28(24-13-6-7-14-25(24)31-23)26(29)15-20-9-4-3-5-10-20/h3-14,16,19,23,27H,15,17-18H2,1-2H3/t19-,23?/m1/s1. The van der Waals surface area contributed by atoms with Gasteiger partial charge in [-0.1, -0.05) is 54.6 Å². The number of methoxy groups -OCH3 is 1. The van der Waals surface area contributed by atoms with E-state index >= 15 is 0 Å².